The quantitative estimate of drug-likeness (QED) is 0.326. The molecule has 0 spiro atoms. The number of nitrogens with zero attached hydrogens (tertiary/aromatic N) is 7. The number of imide groups is 1. The lowest BCUT2D eigenvalue weighted by atomic mass is 10.1. The van der Waals surface area contributed by atoms with Crippen molar-refractivity contribution in [2.24, 2.45) is 14.1 Å². The van der Waals surface area contributed by atoms with Crippen LogP contribution < -0.4 is 21.0 Å². The Morgan fingerprint density at radius 3 is 2.38 bits per heavy atom. The normalized spacial score (nSPS) is 18.1. The van der Waals surface area contributed by atoms with Crippen molar-refractivity contribution < 1.29 is 14.0 Å². The van der Waals surface area contributed by atoms with E-state index in [1.165, 1.54) is 22.6 Å². The van der Waals surface area contributed by atoms with E-state index in [0.29, 0.717) is 48.4 Å². The average molecular weight is 594 g/mol. The zero-order chi connectivity index (χ0) is 29.9. The molecule has 1 atom stereocenters. The second-order valence-corrected chi connectivity index (χ2v) is 11.1. The van der Waals surface area contributed by atoms with Crippen LogP contribution in [0.4, 0.5) is 16.0 Å². The van der Waals surface area contributed by atoms with Crippen molar-refractivity contribution in [3.63, 3.8) is 0 Å². The topological polar surface area (TPSA) is 106 Å². The number of amides is 2. The zero-order valence-corrected chi connectivity index (χ0v) is 24.1. The van der Waals surface area contributed by atoms with Gasteiger partial charge >= 0.3 is 5.69 Å². The molecule has 2 fully saturated rings. The maximum atomic E-state index is 14.7. The number of carbonyl (C=O) groups is 2. The number of rotatable bonds is 5. The molecule has 2 saturated heterocycles. The van der Waals surface area contributed by atoms with Gasteiger partial charge in [-0.15, -0.1) is 0 Å². The van der Waals surface area contributed by atoms with E-state index in [1.54, 1.807) is 48.0 Å². The molecule has 6 rings (SSSR count). The molecule has 2 aliphatic heterocycles. The minimum Gasteiger partial charge on any atom is -0.340 e. The van der Waals surface area contributed by atoms with Crippen LogP contribution in [-0.2, 0) is 30.2 Å². The Hall–Kier alpha value is -4.29. The Morgan fingerprint density at radius 2 is 1.69 bits per heavy atom. The number of imidazole rings is 1. The molecule has 0 aliphatic carbocycles. The SMILES string of the molecule is Cc1ccc(N2C(=O)CC(N3CCN(c4nc5c(c(=O)n(C)c(=O)n5C)n4Cc4ccccc4F)CC3)C2=O)cc1Cl. The number of aromatic nitrogens is 4. The molecule has 13 heteroatoms. The lowest BCUT2D eigenvalue weighted by Crippen LogP contribution is -2.53. The van der Waals surface area contributed by atoms with Crippen LogP contribution in [0.1, 0.15) is 17.5 Å². The fourth-order valence-electron chi connectivity index (χ4n) is 5.75. The van der Waals surface area contributed by atoms with Gasteiger partial charge in [-0.25, -0.2) is 14.1 Å². The van der Waals surface area contributed by atoms with E-state index in [1.807, 2.05) is 16.7 Å². The van der Waals surface area contributed by atoms with E-state index in [0.717, 1.165) is 10.1 Å². The molecule has 2 aromatic carbocycles. The third kappa shape index (κ3) is 4.51. The number of halogens is 2. The highest BCUT2D eigenvalue weighted by molar-refractivity contribution is 6.32. The van der Waals surface area contributed by atoms with Gasteiger partial charge < -0.3 is 4.90 Å². The van der Waals surface area contributed by atoms with Gasteiger partial charge in [-0.1, -0.05) is 35.9 Å². The third-order valence-corrected chi connectivity index (χ3v) is 8.60. The van der Waals surface area contributed by atoms with Crippen LogP contribution in [0.3, 0.4) is 0 Å². The number of benzene rings is 2. The summed E-state index contributed by atoms with van der Waals surface area (Å²) < 4.78 is 18.7. The summed E-state index contributed by atoms with van der Waals surface area (Å²) >= 11 is 6.25. The van der Waals surface area contributed by atoms with Crippen molar-refractivity contribution in [1.29, 1.82) is 0 Å². The van der Waals surface area contributed by atoms with Crippen LogP contribution >= 0.6 is 11.6 Å². The number of anilines is 2. The van der Waals surface area contributed by atoms with Crippen LogP contribution in [0.5, 0.6) is 0 Å². The van der Waals surface area contributed by atoms with Crippen LogP contribution in [0.2, 0.25) is 5.02 Å². The van der Waals surface area contributed by atoms with E-state index >= 15 is 0 Å². The molecular weight excluding hydrogens is 565 g/mol. The van der Waals surface area contributed by atoms with Crippen molar-refractivity contribution in [3.05, 3.63) is 85.3 Å². The van der Waals surface area contributed by atoms with Crippen molar-refractivity contribution in [1.82, 2.24) is 23.6 Å². The number of hydrogen-bond acceptors (Lipinski definition) is 7. The Balaban J connectivity index is 1.29. The highest BCUT2D eigenvalue weighted by Gasteiger charge is 2.43. The molecule has 0 N–H and O–H groups in total. The molecule has 4 aromatic rings. The molecule has 0 saturated carbocycles. The van der Waals surface area contributed by atoms with E-state index in [4.69, 9.17) is 16.6 Å². The Labute approximate surface area is 244 Å². The summed E-state index contributed by atoms with van der Waals surface area (Å²) in [7, 11) is 2.94. The average Bonchev–Trinajstić information content (AvgIpc) is 3.50. The van der Waals surface area contributed by atoms with Crippen molar-refractivity contribution in [2.45, 2.75) is 25.9 Å². The summed E-state index contributed by atoms with van der Waals surface area (Å²) in [4.78, 5) is 62.0. The van der Waals surface area contributed by atoms with Crippen molar-refractivity contribution >= 4 is 46.2 Å². The Bertz CT molecular complexity index is 1870. The van der Waals surface area contributed by atoms with Gasteiger partial charge in [-0.05, 0) is 30.7 Å². The molecule has 0 bridgehead atoms. The summed E-state index contributed by atoms with van der Waals surface area (Å²) in [6.45, 7) is 3.66. The van der Waals surface area contributed by atoms with Gasteiger partial charge in [0.2, 0.25) is 11.9 Å². The summed E-state index contributed by atoms with van der Waals surface area (Å²) in [5, 5.41) is 0.482. The first kappa shape index (κ1) is 27.9. The molecule has 0 radical (unpaired) electrons. The Morgan fingerprint density at radius 1 is 0.976 bits per heavy atom. The first-order chi connectivity index (χ1) is 20.1. The fraction of sp³-hybridized carbons (Fsp3) is 0.345. The van der Waals surface area contributed by atoms with E-state index < -0.39 is 23.1 Å². The van der Waals surface area contributed by atoms with Gasteiger partial charge in [0.25, 0.3) is 11.5 Å². The molecule has 4 heterocycles. The maximum Gasteiger partial charge on any atom is 0.332 e. The van der Waals surface area contributed by atoms with Crippen LogP contribution in [0, 0.1) is 12.7 Å². The number of piperazine rings is 1. The smallest absolute Gasteiger partial charge is 0.332 e. The molecular formula is C29H29ClFN7O4. The summed E-state index contributed by atoms with van der Waals surface area (Å²) in [6, 6.07) is 10.8. The zero-order valence-electron chi connectivity index (χ0n) is 23.4. The number of fused-ring (bicyclic) bond motifs is 1. The number of aryl methyl sites for hydroxylation is 2. The summed E-state index contributed by atoms with van der Waals surface area (Å²) in [6.07, 6.45) is 0.0638. The lowest BCUT2D eigenvalue weighted by molar-refractivity contribution is -0.123. The minimum absolute atomic E-state index is 0.0375. The number of hydrogen-bond donors (Lipinski definition) is 0. The fourth-order valence-corrected chi connectivity index (χ4v) is 5.92. The molecule has 42 heavy (non-hydrogen) atoms. The lowest BCUT2D eigenvalue weighted by Gasteiger charge is -2.37. The van der Waals surface area contributed by atoms with Gasteiger partial charge in [0, 0.05) is 50.9 Å². The van der Waals surface area contributed by atoms with E-state index in [9.17, 15) is 23.6 Å². The molecule has 2 aliphatic rings. The molecule has 11 nitrogen and oxygen atoms in total. The predicted octanol–water partition coefficient (Wildman–Crippen LogP) is 2.04. The van der Waals surface area contributed by atoms with E-state index in [-0.39, 0.29) is 35.9 Å². The van der Waals surface area contributed by atoms with Crippen LogP contribution in [-0.4, -0.2) is 67.6 Å². The van der Waals surface area contributed by atoms with Gasteiger partial charge in [0.15, 0.2) is 11.2 Å². The number of carbonyl (C=O) groups excluding carboxylic acids is 2. The van der Waals surface area contributed by atoms with Gasteiger partial charge in [-0.2, -0.15) is 4.98 Å². The van der Waals surface area contributed by atoms with Crippen molar-refractivity contribution in [2.75, 3.05) is 36.0 Å². The van der Waals surface area contributed by atoms with Crippen LogP contribution in [0.25, 0.3) is 11.2 Å². The van der Waals surface area contributed by atoms with Gasteiger partial charge in [-0.3, -0.25) is 33.0 Å². The molecule has 218 valence electrons. The van der Waals surface area contributed by atoms with Gasteiger partial charge in [0.05, 0.1) is 24.7 Å². The first-order valence-electron chi connectivity index (χ1n) is 13.6. The summed E-state index contributed by atoms with van der Waals surface area (Å²) in [5.41, 5.74) is 1.06. The maximum absolute atomic E-state index is 14.7. The molecule has 2 aromatic heterocycles. The van der Waals surface area contributed by atoms with Crippen LogP contribution in [0.15, 0.2) is 52.1 Å². The van der Waals surface area contributed by atoms with Gasteiger partial charge in [0.1, 0.15) is 5.82 Å². The monoisotopic (exact) mass is 593 g/mol. The summed E-state index contributed by atoms with van der Waals surface area (Å²) in [5.74, 6) is -0.564. The molecule has 2 amide bonds. The van der Waals surface area contributed by atoms with E-state index in [2.05, 4.69) is 0 Å². The molecule has 1 unspecified atom stereocenters. The largest absolute Gasteiger partial charge is 0.340 e. The first-order valence-corrected chi connectivity index (χ1v) is 14.0. The second kappa shape index (κ2) is 10.5. The third-order valence-electron chi connectivity index (χ3n) is 8.19. The highest BCUT2D eigenvalue weighted by atomic mass is 35.5. The second-order valence-electron chi connectivity index (χ2n) is 10.7. The predicted molar refractivity (Wildman–Crippen MR) is 157 cm³/mol. The van der Waals surface area contributed by atoms with Crippen molar-refractivity contribution in [3.8, 4) is 0 Å². The standard InChI is InChI=1S/C29H29ClFN7O4/c1-17-8-9-19(14-20(17)30)38-23(39)15-22(26(38)40)35-10-12-36(13-11-35)28-32-25-24(27(41)34(3)29(42)33(25)2)37(28)16-18-6-4-5-7-21(18)31/h4-9,14,22H,10-13,15-16H2,1-3H3. The highest BCUT2D eigenvalue weighted by Crippen LogP contribution is 2.30. The Kier molecular flexibility index (Phi) is 6.98. The minimum atomic E-state index is -0.606.